The van der Waals surface area contributed by atoms with Crippen molar-refractivity contribution in [2.45, 2.75) is 26.3 Å². The minimum Gasteiger partial charge on any atom is -0.461 e. The summed E-state index contributed by atoms with van der Waals surface area (Å²) in [6, 6.07) is 10.1. The first kappa shape index (κ1) is 21.6. The fourth-order valence-corrected chi connectivity index (χ4v) is 4.63. The van der Waals surface area contributed by atoms with Crippen molar-refractivity contribution in [3.05, 3.63) is 75.3 Å². The highest BCUT2D eigenvalue weighted by atomic mass is 35.5. The molecule has 33 heavy (non-hydrogen) atoms. The van der Waals surface area contributed by atoms with Gasteiger partial charge >= 0.3 is 5.97 Å². The summed E-state index contributed by atoms with van der Waals surface area (Å²) in [6.07, 6.45) is 1.08. The second-order valence-electron chi connectivity index (χ2n) is 7.99. The summed E-state index contributed by atoms with van der Waals surface area (Å²) in [6.45, 7) is 3.55. The molecule has 0 atom stereocenters. The van der Waals surface area contributed by atoms with Crippen LogP contribution in [0.25, 0.3) is 5.69 Å². The molecule has 170 valence electrons. The highest BCUT2D eigenvalue weighted by Crippen LogP contribution is 2.33. The Kier molecular flexibility index (Phi) is 5.64. The molecule has 1 aromatic heterocycles. The number of nitrogens with one attached hydrogen (secondary N) is 1. The number of aromatic nitrogens is 2. The number of esters is 1. The van der Waals surface area contributed by atoms with Crippen LogP contribution in [0.15, 0.2) is 36.4 Å². The van der Waals surface area contributed by atoms with Crippen LogP contribution in [-0.4, -0.2) is 41.4 Å². The Balaban J connectivity index is 1.62. The van der Waals surface area contributed by atoms with Gasteiger partial charge in [0.1, 0.15) is 11.5 Å². The number of carbonyl (C=O) groups excluding carboxylic acids is 2. The Morgan fingerprint density at radius 2 is 2.09 bits per heavy atom. The van der Waals surface area contributed by atoms with E-state index in [9.17, 15) is 9.59 Å². The lowest BCUT2D eigenvalue weighted by molar-refractivity contribution is 0.0517. The average molecular weight is 469 g/mol. The van der Waals surface area contributed by atoms with Crippen LogP contribution in [0.1, 0.15) is 44.6 Å². The monoisotopic (exact) mass is 468 g/mol. The summed E-state index contributed by atoms with van der Waals surface area (Å²) in [4.78, 5) is 27.7. The van der Waals surface area contributed by atoms with Crippen molar-refractivity contribution in [3.63, 3.8) is 0 Å². The molecule has 0 fully saturated rings. The van der Waals surface area contributed by atoms with E-state index in [4.69, 9.17) is 16.3 Å². The fourth-order valence-electron chi connectivity index (χ4n) is 4.44. The number of hydrogen-bond acceptors (Lipinski definition) is 5. The lowest BCUT2D eigenvalue weighted by Crippen LogP contribution is -2.40. The number of halogens is 2. The molecule has 3 aromatic rings. The highest BCUT2D eigenvalue weighted by molar-refractivity contribution is 6.30. The number of benzene rings is 2. The van der Waals surface area contributed by atoms with E-state index in [-0.39, 0.29) is 30.2 Å². The number of hydrogen-bond donors (Lipinski definition) is 1. The number of nitrogens with zero attached hydrogens (tertiary/aromatic N) is 3. The first-order chi connectivity index (χ1) is 16.0. The van der Waals surface area contributed by atoms with Gasteiger partial charge in [-0.1, -0.05) is 17.7 Å². The molecule has 2 aliphatic heterocycles. The van der Waals surface area contributed by atoms with Crippen LogP contribution in [0, 0.1) is 5.82 Å². The maximum atomic E-state index is 15.1. The lowest BCUT2D eigenvalue weighted by Gasteiger charge is -2.29. The van der Waals surface area contributed by atoms with E-state index in [0.717, 1.165) is 24.1 Å². The summed E-state index contributed by atoms with van der Waals surface area (Å²) in [5.41, 5.74) is 3.48. The summed E-state index contributed by atoms with van der Waals surface area (Å²) < 4.78 is 21.7. The second kappa shape index (κ2) is 8.61. The predicted octanol–water partition coefficient (Wildman–Crippen LogP) is 3.69. The third-order valence-corrected chi connectivity index (χ3v) is 6.22. The summed E-state index contributed by atoms with van der Waals surface area (Å²) in [5, 5.41) is 8.16. The Morgan fingerprint density at radius 3 is 2.88 bits per heavy atom. The third-order valence-electron chi connectivity index (χ3n) is 5.98. The van der Waals surface area contributed by atoms with Gasteiger partial charge in [-0.3, -0.25) is 4.79 Å². The van der Waals surface area contributed by atoms with Gasteiger partial charge in [-0.25, -0.2) is 13.9 Å². The summed E-state index contributed by atoms with van der Waals surface area (Å²) in [5.74, 6) is -1.46. The molecule has 9 heteroatoms. The lowest BCUT2D eigenvalue weighted by atomic mass is 9.98. The molecule has 0 saturated heterocycles. The molecule has 0 spiro atoms. The van der Waals surface area contributed by atoms with Gasteiger partial charge in [0.2, 0.25) is 0 Å². The Hall–Kier alpha value is -3.23. The molecule has 0 radical (unpaired) electrons. The van der Waals surface area contributed by atoms with E-state index in [1.54, 1.807) is 37.3 Å². The molecular formula is C24H22ClFN4O3. The van der Waals surface area contributed by atoms with E-state index < -0.39 is 17.7 Å². The number of amides is 1. The van der Waals surface area contributed by atoms with Crippen LogP contribution < -0.4 is 10.2 Å². The molecule has 3 heterocycles. The first-order valence-corrected chi connectivity index (χ1v) is 11.2. The number of fused-ring (bicyclic) bond motifs is 2. The van der Waals surface area contributed by atoms with Crippen molar-refractivity contribution in [1.29, 1.82) is 0 Å². The Morgan fingerprint density at radius 1 is 1.24 bits per heavy atom. The maximum absolute atomic E-state index is 15.1. The van der Waals surface area contributed by atoms with Crippen LogP contribution in [0.2, 0.25) is 5.02 Å². The van der Waals surface area contributed by atoms with Gasteiger partial charge in [0, 0.05) is 23.7 Å². The molecule has 0 aliphatic carbocycles. The fraction of sp³-hybridized carbons (Fsp3) is 0.292. The van der Waals surface area contributed by atoms with E-state index in [1.165, 1.54) is 15.6 Å². The Bertz CT molecular complexity index is 1270. The maximum Gasteiger partial charge on any atom is 0.359 e. The zero-order valence-corrected chi connectivity index (χ0v) is 18.8. The van der Waals surface area contributed by atoms with Gasteiger partial charge < -0.3 is 15.0 Å². The minimum atomic E-state index is -0.596. The highest BCUT2D eigenvalue weighted by Gasteiger charge is 2.36. The van der Waals surface area contributed by atoms with E-state index in [0.29, 0.717) is 29.2 Å². The van der Waals surface area contributed by atoms with Crippen molar-refractivity contribution in [1.82, 2.24) is 15.1 Å². The summed E-state index contributed by atoms with van der Waals surface area (Å²) >= 11 is 6.16. The van der Waals surface area contributed by atoms with Gasteiger partial charge in [0.25, 0.3) is 5.91 Å². The molecule has 5 rings (SSSR count). The van der Waals surface area contributed by atoms with Crippen molar-refractivity contribution in [2.75, 3.05) is 24.6 Å². The molecule has 0 bridgehead atoms. The standard InChI is InChI=1S/C24H22ClFN4O3/c1-2-33-24(32)21-18-7-9-29(20-11-15-13-27-8-6-14(15)10-19(20)26)23(31)22(18)30(28-21)17-5-3-4-16(25)12-17/h3-5,10-12,27H,2,6-9,13H2,1H3. The topological polar surface area (TPSA) is 76.5 Å². The van der Waals surface area contributed by atoms with Gasteiger partial charge in [0.05, 0.1) is 18.0 Å². The molecule has 2 aromatic carbocycles. The first-order valence-electron chi connectivity index (χ1n) is 10.9. The van der Waals surface area contributed by atoms with Gasteiger partial charge in [-0.15, -0.1) is 0 Å². The van der Waals surface area contributed by atoms with Crippen LogP contribution >= 0.6 is 11.6 Å². The van der Waals surface area contributed by atoms with Crippen molar-refractivity contribution < 1.29 is 18.7 Å². The third kappa shape index (κ3) is 3.79. The van der Waals surface area contributed by atoms with E-state index in [2.05, 4.69) is 10.4 Å². The molecular weight excluding hydrogens is 447 g/mol. The second-order valence-corrected chi connectivity index (χ2v) is 8.43. The van der Waals surface area contributed by atoms with Crippen molar-refractivity contribution in [2.24, 2.45) is 0 Å². The molecule has 2 aliphatic rings. The zero-order valence-electron chi connectivity index (χ0n) is 18.0. The number of ether oxygens (including phenoxy) is 1. The minimum absolute atomic E-state index is 0.0925. The molecule has 7 nitrogen and oxygen atoms in total. The van der Waals surface area contributed by atoms with Crippen molar-refractivity contribution in [3.8, 4) is 5.69 Å². The number of carbonyl (C=O) groups is 2. The molecule has 0 saturated carbocycles. The largest absolute Gasteiger partial charge is 0.461 e. The number of rotatable bonds is 4. The smallest absolute Gasteiger partial charge is 0.359 e. The summed E-state index contributed by atoms with van der Waals surface area (Å²) in [7, 11) is 0. The molecule has 1 amide bonds. The SMILES string of the molecule is CCOC(=O)c1nn(-c2cccc(Cl)c2)c2c1CCN(c1cc3c(cc1F)CCNC3)C2=O. The van der Waals surface area contributed by atoms with Crippen LogP contribution in [0.4, 0.5) is 10.1 Å². The molecule has 1 N–H and O–H groups in total. The zero-order chi connectivity index (χ0) is 23.1. The van der Waals surface area contributed by atoms with Gasteiger partial charge in [-0.2, -0.15) is 5.10 Å². The van der Waals surface area contributed by atoms with E-state index in [1.807, 2.05) is 0 Å². The van der Waals surface area contributed by atoms with Crippen LogP contribution in [-0.2, 0) is 24.1 Å². The quantitative estimate of drug-likeness (QED) is 0.591. The average Bonchev–Trinajstić information content (AvgIpc) is 3.20. The van der Waals surface area contributed by atoms with E-state index >= 15 is 4.39 Å². The van der Waals surface area contributed by atoms with Crippen molar-refractivity contribution >= 4 is 29.2 Å². The normalized spacial score (nSPS) is 15.2. The van der Waals surface area contributed by atoms with Crippen LogP contribution in [0.5, 0.6) is 0 Å². The number of anilines is 1. The van der Waals surface area contributed by atoms with Crippen LogP contribution in [0.3, 0.4) is 0 Å². The Labute approximate surface area is 195 Å². The van der Waals surface area contributed by atoms with Gasteiger partial charge in [-0.05, 0) is 67.8 Å². The van der Waals surface area contributed by atoms with Gasteiger partial charge in [0.15, 0.2) is 5.69 Å². The predicted molar refractivity (Wildman–Crippen MR) is 122 cm³/mol. The molecule has 0 unspecified atom stereocenters.